The number of hydrogen-bond donors (Lipinski definition) is 0. The average Bonchev–Trinajstić information content (AvgIpc) is 2.40. The van der Waals surface area contributed by atoms with Crippen molar-refractivity contribution in [2.24, 2.45) is 0 Å². The molecule has 1 atom stereocenters. The summed E-state index contributed by atoms with van der Waals surface area (Å²) in [6.07, 6.45) is 9.39. The molecule has 0 amide bonds. The van der Waals surface area contributed by atoms with Crippen molar-refractivity contribution in [2.45, 2.75) is 30.9 Å². The van der Waals surface area contributed by atoms with Gasteiger partial charge in [-0.25, -0.2) is 0 Å². The zero-order chi connectivity index (χ0) is 7.40. The summed E-state index contributed by atoms with van der Waals surface area (Å²) in [6.45, 7) is 4.66. The van der Waals surface area contributed by atoms with E-state index in [-0.39, 0.29) is 44.0 Å². The maximum absolute atomic E-state index is 2.37. The molecular formula is C9H16Cl2Ti. The summed E-state index contributed by atoms with van der Waals surface area (Å²) < 4.78 is 2.72. The Labute approximate surface area is 96.6 Å². The van der Waals surface area contributed by atoms with Crippen LogP contribution in [-0.2, 0) is 19.2 Å². The van der Waals surface area contributed by atoms with Crippen molar-refractivity contribution in [3.8, 4) is 0 Å². The van der Waals surface area contributed by atoms with Crippen LogP contribution >= 0.6 is 24.8 Å². The van der Waals surface area contributed by atoms with E-state index in [4.69, 9.17) is 0 Å². The van der Waals surface area contributed by atoms with Crippen LogP contribution < -0.4 is 0 Å². The van der Waals surface area contributed by atoms with Gasteiger partial charge < -0.3 is 0 Å². The molecule has 0 radical (unpaired) electrons. The summed E-state index contributed by atoms with van der Waals surface area (Å²) in [5.74, 6) is 0. The Kier molecular flexibility index (Phi) is 10.6. The minimum absolute atomic E-state index is 0. The molecule has 12 heavy (non-hydrogen) atoms. The topological polar surface area (TPSA) is 0 Å². The van der Waals surface area contributed by atoms with E-state index < -0.39 is 0 Å². The van der Waals surface area contributed by atoms with Crippen LogP contribution in [0.3, 0.4) is 0 Å². The van der Waals surface area contributed by atoms with Crippen molar-refractivity contribution < 1.29 is 19.2 Å². The molecule has 0 aromatic heterocycles. The zero-order valence-electron chi connectivity index (χ0n) is 7.54. The van der Waals surface area contributed by atoms with Gasteiger partial charge in [-0.2, -0.15) is 0 Å². The van der Waals surface area contributed by atoms with E-state index in [1.165, 1.54) is 12.8 Å². The first-order valence-electron chi connectivity index (χ1n) is 3.95. The maximum Gasteiger partial charge on any atom is -0.147 e. The fourth-order valence-electron chi connectivity index (χ4n) is 0.973. The molecule has 0 aliphatic heterocycles. The molecule has 0 nitrogen and oxygen atoms in total. The van der Waals surface area contributed by atoms with E-state index in [2.05, 4.69) is 32.1 Å². The third kappa shape index (κ3) is 5.43. The molecule has 1 aliphatic carbocycles. The molecule has 1 unspecified atom stereocenters. The van der Waals surface area contributed by atoms with Crippen molar-refractivity contribution in [1.29, 1.82) is 0 Å². The van der Waals surface area contributed by atoms with Crippen molar-refractivity contribution in [3.05, 3.63) is 22.1 Å². The molecule has 0 aromatic carbocycles. The Balaban J connectivity index is 0. The van der Waals surface area contributed by atoms with Crippen LogP contribution in [0, 0.1) is 0 Å². The summed E-state index contributed by atoms with van der Waals surface area (Å²) in [5.41, 5.74) is 0. The van der Waals surface area contributed by atoms with Gasteiger partial charge in [-0.1, -0.05) is 0 Å². The van der Waals surface area contributed by atoms with Crippen molar-refractivity contribution in [2.75, 3.05) is 0 Å². The molecule has 0 bridgehead atoms. The van der Waals surface area contributed by atoms with Crippen LogP contribution in [0.2, 0.25) is 4.22 Å². The van der Waals surface area contributed by atoms with E-state index in [0.29, 0.717) is 0 Å². The third-order valence-corrected chi connectivity index (χ3v) is 4.38. The van der Waals surface area contributed by atoms with Gasteiger partial charge in [-0.3, -0.25) is 0 Å². The predicted octanol–water partition coefficient (Wildman–Crippen LogP) is 3.97. The molecule has 0 heterocycles. The Bertz CT molecular complexity index is 164. The molecular weight excluding hydrogens is 227 g/mol. The normalized spacial score (nSPS) is 15.7. The summed E-state index contributed by atoms with van der Waals surface area (Å²) >= 11 is 0.229. The first-order valence-corrected chi connectivity index (χ1v) is 5.63. The van der Waals surface area contributed by atoms with E-state index in [0.717, 1.165) is 4.22 Å². The Hall–Kier alpha value is 0.774. The SMILES string of the molecule is CC[CH](C)[Ti][C]1=CC=CC1.Cl.Cl. The zero-order valence-corrected chi connectivity index (χ0v) is 10.7. The third-order valence-electron chi connectivity index (χ3n) is 1.82. The minimum atomic E-state index is 0. The quantitative estimate of drug-likeness (QED) is 0.657. The molecule has 0 fully saturated rings. The molecule has 1 rings (SSSR count). The fourth-order valence-corrected chi connectivity index (χ4v) is 2.95. The van der Waals surface area contributed by atoms with Gasteiger partial charge >= 0.3 is 72.2 Å². The number of halogens is 2. The van der Waals surface area contributed by atoms with E-state index in [1.54, 1.807) is 3.88 Å². The van der Waals surface area contributed by atoms with Crippen LogP contribution in [0.15, 0.2) is 22.1 Å². The van der Waals surface area contributed by atoms with Crippen molar-refractivity contribution in [3.63, 3.8) is 0 Å². The van der Waals surface area contributed by atoms with E-state index >= 15 is 0 Å². The van der Waals surface area contributed by atoms with Crippen LogP contribution in [0.1, 0.15) is 26.7 Å². The first kappa shape index (κ1) is 15.3. The second-order valence-electron chi connectivity index (χ2n) is 2.78. The van der Waals surface area contributed by atoms with Crippen molar-refractivity contribution >= 4 is 24.8 Å². The number of hydrogen-bond acceptors (Lipinski definition) is 0. The summed E-state index contributed by atoms with van der Waals surface area (Å²) in [6, 6.07) is 0. The van der Waals surface area contributed by atoms with Gasteiger partial charge in [0.2, 0.25) is 0 Å². The summed E-state index contributed by atoms with van der Waals surface area (Å²) in [4.78, 5) is 0. The maximum atomic E-state index is 2.37. The average molecular weight is 243 g/mol. The van der Waals surface area contributed by atoms with Gasteiger partial charge in [0.05, 0.1) is 0 Å². The summed E-state index contributed by atoms with van der Waals surface area (Å²) in [5, 5.41) is 0. The molecule has 0 N–H and O–H groups in total. The number of allylic oxidation sites excluding steroid dienone is 4. The standard InChI is InChI=1S/C5H5.C4H9.2ClH.Ti/c1-2-4-5-3-1;1-3-4-2;;;/h1-3H,4H2;3H,4H2,1-2H3;2*1H;. The monoisotopic (exact) mass is 242 g/mol. The van der Waals surface area contributed by atoms with Crippen LogP contribution in [-0.4, -0.2) is 0 Å². The van der Waals surface area contributed by atoms with Crippen molar-refractivity contribution in [1.82, 2.24) is 0 Å². The van der Waals surface area contributed by atoms with Gasteiger partial charge in [0.25, 0.3) is 0 Å². The second-order valence-corrected chi connectivity index (χ2v) is 5.77. The molecule has 0 saturated heterocycles. The minimum Gasteiger partial charge on any atom is -0.147 e. The molecule has 0 spiro atoms. The van der Waals surface area contributed by atoms with E-state index in [1.807, 2.05) is 0 Å². The number of rotatable bonds is 3. The predicted molar refractivity (Wildman–Crippen MR) is 56.1 cm³/mol. The molecule has 1 aliphatic rings. The van der Waals surface area contributed by atoms with Gasteiger partial charge in [-0.15, -0.1) is 24.8 Å². The van der Waals surface area contributed by atoms with E-state index in [9.17, 15) is 0 Å². The first-order chi connectivity index (χ1) is 4.83. The van der Waals surface area contributed by atoms with Gasteiger partial charge in [-0.05, 0) is 0 Å². The van der Waals surface area contributed by atoms with Gasteiger partial charge in [0, 0.05) is 0 Å². The molecule has 0 aromatic rings. The van der Waals surface area contributed by atoms with Crippen LogP contribution in [0.25, 0.3) is 0 Å². The Morgan fingerprint density at radius 1 is 1.50 bits per heavy atom. The fraction of sp³-hybridized carbons (Fsp3) is 0.556. The Morgan fingerprint density at radius 3 is 2.58 bits per heavy atom. The van der Waals surface area contributed by atoms with Gasteiger partial charge in [0.15, 0.2) is 0 Å². The smallest absolute Gasteiger partial charge is 0.147 e. The van der Waals surface area contributed by atoms with Gasteiger partial charge in [0.1, 0.15) is 0 Å². The van der Waals surface area contributed by atoms with Crippen LogP contribution in [0.5, 0.6) is 0 Å². The van der Waals surface area contributed by atoms with Crippen LogP contribution in [0.4, 0.5) is 0 Å². The molecule has 70 valence electrons. The molecule has 0 saturated carbocycles. The summed E-state index contributed by atoms with van der Waals surface area (Å²) in [7, 11) is 0. The second kappa shape index (κ2) is 8.38. The Morgan fingerprint density at radius 2 is 2.17 bits per heavy atom. The largest absolute Gasteiger partial charge is 0.147 e. The molecule has 3 heteroatoms.